The van der Waals surface area contributed by atoms with Crippen LogP contribution in [0.1, 0.15) is 35.3 Å². The molecule has 20 heavy (non-hydrogen) atoms. The average molecular weight is 269 g/mol. The summed E-state index contributed by atoms with van der Waals surface area (Å²) < 4.78 is 5.69. The summed E-state index contributed by atoms with van der Waals surface area (Å²) in [6, 6.07) is 15.7. The van der Waals surface area contributed by atoms with Crippen molar-refractivity contribution in [2.75, 3.05) is 6.61 Å². The number of hydrogen-bond acceptors (Lipinski definition) is 3. The van der Waals surface area contributed by atoms with E-state index in [0.29, 0.717) is 0 Å². The topological polar surface area (TPSA) is 55.5 Å². The highest BCUT2D eigenvalue weighted by Crippen LogP contribution is 2.32. The molecule has 3 rings (SSSR count). The number of aliphatic hydroxyl groups is 1. The molecule has 1 aliphatic carbocycles. The van der Waals surface area contributed by atoms with Crippen LogP contribution in [0.5, 0.6) is 5.75 Å². The van der Waals surface area contributed by atoms with Gasteiger partial charge in [0.05, 0.1) is 0 Å². The van der Waals surface area contributed by atoms with Gasteiger partial charge in [0, 0.05) is 6.04 Å². The van der Waals surface area contributed by atoms with Gasteiger partial charge in [-0.05, 0) is 41.7 Å². The van der Waals surface area contributed by atoms with Crippen LogP contribution < -0.4 is 10.5 Å². The third kappa shape index (κ3) is 2.69. The van der Waals surface area contributed by atoms with Crippen molar-refractivity contribution in [3.8, 4) is 5.75 Å². The minimum absolute atomic E-state index is 0.161. The van der Waals surface area contributed by atoms with Crippen LogP contribution in [0.3, 0.4) is 0 Å². The number of rotatable bonds is 4. The SMILES string of the molecule is N[C@H]1CCc2cc(OCC(O)c3ccccc3)ccc21. The molecule has 3 nitrogen and oxygen atoms in total. The molecule has 3 heteroatoms. The van der Waals surface area contributed by atoms with Gasteiger partial charge in [-0.25, -0.2) is 0 Å². The molecule has 0 saturated carbocycles. The van der Waals surface area contributed by atoms with Crippen molar-refractivity contribution in [2.45, 2.75) is 25.0 Å². The Morgan fingerprint density at radius 3 is 2.80 bits per heavy atom. The molecule has 0 aromatic heterocycles. The summed E-state index contributed by atoms with van der Waals surface area (Å²) >= 11 is 0. The molecule has 0 heterocycles. The number of fused-ring (bicyclic) bond motifs is 1. The van der Waals surface area contributed by atoms with Gasteiger partial charge < -0.3 is 15.6 Å². The Labute approximate surface area is 119 Å². The normalized spacial score (nSPS) is 18.6. The van der Waals surface area contributed by atoms with E-state index < -0.39 is 6.10 Å². The number of ether oxygens (including phenoxy) is 1. The van der Waals surface area contributed by atoms with E-state index in [9.17, 15) is 5.11 Å². The summed E-state index contributed by atoms with van der Waals surface area (Å²) in [6.45, 7) is 0.259. The van der Waals surface area contributed by atoms with Gasteiger partial charge in [-0.3, -0.25) is 0 Å². The van der Waals surface area contributed by atoms with Crippen molar-refractivity contribution < 1.29 is 9.84 Å². The van der Waals surface area contributed by atoms with Crippen LogP contribution in [0.2, 0.25) is 0 Å². The standard InChI is InChI=1S/C17H19NO2/c18-16-9-6-13-10-14(7-8-15(13)16)20-11-17(19)12-4-2-1-3-5-12/h1-5,7-8,10,16-17,19H,6,9,11,18H2/t16-,17?/m0/s1. The monoisotopic (exact) mass is 269 g/mol. The fourth-order valence-electron chi connectivity index (χ4n) is 2.66. The summed E-state index contributed by atoms with van der Waals surface area (Å²) in [5.74, 6) is 0.799. The van der Waals surface area contributed by atoms with Crippen LogP contribution in [0.4, 0.5) is 0 Å². The second kappa shape index (κ2) is 5.65. The zero-order valence-corrected chi connectivity index (χ0v) is 11.3. The lowest BCUT2D eigenvalue weighted by atomic mass is 10.1. The fraction of sp³-hybridized carbons (Fsp3) is 0.294. The molecular formula is C17H19NO2. The van der Waals surface area contributed by atoms with Crippen molar-refractivity contribution in [2.24, 2.45) is 5.73 Å². The lowest BCUT2D eigenvalue weighted by Crippen LogP contribution is -2.10. The molecule has 2 atom stereocenters. The Hall–Kier alpha value is -1.84. The van der Waals surface area contributed by atoms with Crippen LogP contribution in [0, 0.1) is 0 Å². The largest absolute Gasteiger partial charge is 0.491 e. The minimum atomic E-state index is -0.605. The van der Waals surface area contributed by atoms with E-state index in [1.165, 1.54) is 11.1 Å². The maximum absolute atomic E-state index is 10.1. The van der Waals surface area contributed by atoms with E-state index in [2.05, 4.69) is 0 Å². The van der Waals surface area contributed by atoms with Crippen molar-refractivity contribution >= 4 is 0 Å². The molecule has 0 bridgehead atoms. The van der Waals surface area contributed by atoms with Crippen molar-refractivity contribution in [3.63, 3.8) is 0 Å². The molecule has 1 aliphatic rings. The predicted molar refractivity (Wildman–Crippen MR) is 78.6 cm³/mol. The zero-order valence-electron chi connectivity index (χ0n) is 11.3. The molecular weight excluding hydrogens is 250 g/mol. The molecule has 2 aromatic rings. The molecule has 0 saturated heterocycles. The highest BCUT2D eigenvalue weighted by Gasteiger charge is 2.19. The van der Waals surface area contributed by atoms with Gasteiger partial charge in [-0.15, -0.1) is 0 Å². The number of hydrogen-bond donors (Lipinski definition) is 2. The first kappa shape index (κ1) is 13.2. The lowest BCUT2D eigenvalue weighted by molar-refractivity contribution is 0.108. The van der Waals surface area contributed by atoms with E-state index in [0.717, 1.165) is 24.2 Å². The molecule has 2 aromatic carbocycles. The summed E-state index contributed by atoms with van der Waals surface area (Å²) in [5.41, 5.74) is 9.38. The summed E-state index contributed by atoms with van der Waals surface area (Å²) in [7, 11) is 0. The van der Waals surface area contributed by atoms with Gasteiger partial charge in [0.25, 0.3) is 0 Å². The summed E-state index contributed by atoms with van der Waals surface area (Å²) in [5, 5.41) is 10.1. The maximum atomic E-state index is 10.1. The average Bonchev–Trinajstić information content (AvgIpc) is 2.87. The number of aryl methyl sites for hydroxylation is 1. The Balaban J connectivity index is 1.64. The molecule has 3 N–H and O–H groups in total. The fourth-order valence-corrected chi connectivity index (χ4v) is 2.66. The first-order valence-corrected chi connectivity index (χ1v) is 6.98. The Morgan fingerprint density at radius 2 is 2.00 bits per heavy atom. The van der Waals surface area contributed by atoms with Gasteiger partial charge in [-0.2, -0.15) is 0 Å². The van der Waals surface area contributed by atoms with Crippen molar-refractivity contribution in [1.29, 1.82) is 0 Å². The van der Waals surface area contributed by atoms with Crippen LogP contribution >= 0.6 is 0 Å². The minimum Gasteiger partial charge on any atom is -0.491 e. The van der Waals surface area contributed by atoms with Crippen molar-refractivity contribution in [1.82, 2.24) is 0 Å². The van der Waals surface area contributed by atoms with Crippen molar-refractivity contribution in [3.05, 3.63) is 65.2 Å². The van der Waals surface area contributed by atoms with Gasteiger partial charge in [0.2, 0.25) is 0 Å². The van der Waals surface area contributed by atoms with Gasteiger partial charge >= 0.3 is 0 Å². The highest BCUT2D eigenvalue weighted by atomic mass is 16.5. The molecule has 0 aliphatic heterocycles. The zero-order chi connectivity index (χ0) is 13.9. The van der Waals surface area contributed by atoms with Crippen LogP contribution in [-0.4, -0.2) is 11.7 Å². The van der Waals surface area contributed by atoms with E-state index in [-0.39, 0.29) is 12.6 Å². The Morgan fingerprint density at radius 1 is 1.20 bits per heavy atom. The third-order valence-electron chi connectivity index (χ3n) is 3.83. The van der Waals surface area contributed by atoms with Crippen LogP contribution in [0.15, 0.2) is 48.5 Å². The summed E-state index contributed by atoms with van der Waals surface area (Å²) in [4.78, 5) is 0. The summed E-state index contributed by atoms with van der Waals surface area (Å²) in [6.07, 6.45) is 1.41. The van der Waals surface area contributed by atoms with E-state index >= 15 is 0 Å². The van der Waals surface area contributed by atoms with Gasteiger partial charge in [0.1, 0.15) is 18.5 Å². The molecule has 0 radical (unpaired) electrons. The third-order valence-corrected chi connectivity index (χ3v) is 3.83. The molecule has 104 valence electrons. The van der Waals surface area contributed by atoms with Crippen LogP contribution in [-0.2, 0) is 6.42 Å². The molecule has 0 fully saturated rings. The predicted octanol–water partition coefficient (Wildman–Crippen LogP) is 2.75. The van der Waals surface area contributed by atoms with E-state index in [4.69, 9.17) is 10.5 Å². The molecule has 0 amide bonds. The molecule has 1 unspecified atom stereocenters. The Bertz CT molecular complexity index is 583. The molecule has 0 spiro atoms. The van der Waals surface area contributed by atoms with E-state index in [1.807, 2.05) is 48.5 Å². The van der Waals surface area contributed by atoms with Gasteiger partial charge in [0.15, 0.2) is 0 Å². The van der Waals surface area contributed by atoms with Gasteiger partial charge in [-0.1, -0.05) is 36.4 Å². The van der Waals surface area contributed by atoms with Crippen LogP contribution in [0.25, 0.3) is 0 Å². The smallest absolute Gasteiger partial charge is 0.119 e. The second-order valence-electron chi connectivity index (χ2n) is 5.24. The number of benzene rings is 2. The quantitative estimate of drug-likeness (QED) is 0.897. The Kier molecular flexibility index (Phi) is 3.72. The number of nitrogens with two attached hydrogens (primary N) is 1. The highest BCUT2D eigenvalue weighted by molar-refractivity contribution is 5.40. The lowest BCUT2D eigenvalue weighted by Gasteiger charge is -2.13. The number of aliphatic hydroxyl groups excluding tert-OH is 1. The first-order chi connectivity index (χ1) is 9.74. The first-order valence-electron chi connectivity index (χ1n) is 6.98. The van der Waals surface area contributed by atoms with E-state index in [1.54, 1.807) is 0 Å². The second-order valence-corrected chi connectivity index (χ2v) is 5.24. The maximum Gasteiger partial charge on any atom is 0.119 e.